The van der Waals surface area contributed by atoms with Crippen molar-refractivity contribution < 1.29 is 14.3 Å². The SMILES string of the molecule is COCCn1cc(N2CCC2C(=O)OC)cn1. The number of ether oxygens (including phenoxy) is 2. The van der Waals surface area contributed by atoms with Gasteiger partial charge in [-0.2, -0.15) is 5.10 Å². The summed E-state index contributed by atoms with van der Waals surface area (Å²) in [7, 11) is 3.08. The first-order valence-electron chi connectivity index (χ1n) is 5.62. The Bertz CT molecular complexity index is 391. The predicted octanol–water partition coefficient (Wildman–Crippen LogP) is 0.281. The quantitative estimate of drug-likeness (QED) is 0.691. The Kier molecular flexibility index (Phi) is 3.63. The molecule has 2 rings (SSSR count). The molecule has 1 aromatic heterocycles. The number of esters is 1. The van der Waals surface area contributed by atoms with E-state index >= 15 is 0 Å². The summed E-state index contributed by atoms with van der Waals surface area (Å²) in [6.45, 7) is 2.21. The highest BCUT2D eigenvalue weighted by Crippen LogP contribution is 2.26. The molecule has 0 radical (unpaired) electrons. The van der Waals surface area contributed by atoms with E-state index in [1.165, 1.54) is 7.11 Å². The molecule has 17 heavy (non-hydrogen) atoms. The Morgan fingerprint density at radius 2 is 2.41 bits per heavy atom. The van der Waals surface area contributed by atoms with Crippen LogP contribution in [-0.2, 0) is 20.8 Å². The van der Waals surface area contributed by atoms with Crippen molar-refractivity contribution in [3.63, 3.8) is 0 Å². The normalized spacial score (nSPS) is 18.9. The summed E-state index contributed by atoms with van der Waals surface area (Å²) >= 11 is 0. The van der Waals surface area contributed by atoms with Gasteiger partial charge >= 0.3 is 5.97 Å². The summed E-state index contributed by atoms with van der Waals surface area (Å²) in [5.74, 6) is -0.180. The molecule has 2 heterocycles. The van der Waals surface area contributed by atoms with Gasteiger partial charge in [0, 0.05) is 19.9 Å². The fourth-order valence-corrected chi connectivity index (χ4v) is 1.89. The molecule has 1 aromatic rings. The predicted molar refractivity (Wildman–Crippen MR) is 61.9 cm³/mol. The molecule has 6 nitrogen and oxygen atoms in total. The van der Waals surface area contributed by atoms with Gasteiger partial charge in [-0.3, -0.25) is 4.68 Å². The summed E-state index contributed by atoms with van der Waals surface area (Å²) in [4.78, 5) is 13.4. The van der Waals surface area contributed by atoms with E-state index in [0.717, 1.165) is 18.7 Å². The number of nitrogens with zero attached hydrogens (tertiary/aromatic N) is 3. The third-order valence-electron chi connectivity index (χ3n) is 2.97. The Balaban J connectivity index is 1.98. The van der Waals surface area contributed by atoms with E-state index in [1.54, 1.807) is 13.3 Å². The standard InChI is InChI=1S/C11H17N3O3/c1-16-6-5-13-8-9(7-12-13)14-4-3-10(14)11(15)17-2/h7-8,10H,3-6H2,1-2H3. The number of anilines is 1. The highest BCUT2D eigenvalue weighted by Gasteiger charge is 2.35. The fraction of sp³-hybridized carbons (Fsp3) is 0.636. The van der Waals surface area contributed by atoms with Crippen LogP contribution < -0.4 is 4.90 Å². The van der Waals surface area contributed by atoms with Gasteiger partial charge in [0.15, 0.2) is 0 Å². The number of carbonyl (C=O) groups excluding carboxylic acids is 1. The first-order valence-corrected chi connectivity index (χ1v) is 5.62. The molecule has 0 amide bonds. The lowest BCUT2D eigenvalue weighted by Gasteiger charge is -2.39. The molecule has 0 aliphatic carbocycles. The molecule has 1 atom stereocenters. The van der Waals surface area contributed by atoms with Crippen molar-refractivity contribution in [2.24, 2.45) is 0 Å². The molecular weight excluding hydrogens is 222 g/mol. The van der Waals surface area contributed by atoms with Crippen molar-refractivity contribution in [2.45, 2.75) is 19.0 Å². The third kappa shape index (κ3) is 2.41. The van der Waals surface area contributed by atoms with Gasteiger partial charge in [-0.25, -0.2) is 4.79 Å². The smallest absolute Gasteiger partial charge is 0.328 e. The van der Waals surface area contributed by atoms with Crippen molar-refractivity contribution in [3.8, 4) is 0 Å². The first kappa shape index (κ1) is 11.9. The zero-order valence-electron chi connectivity index (χ0n) is 10.1. The molecule has 0 bridgehead atoms. The Labute approximate surface area is 100 Å². The minimum atomic E-state index is -0.180. The summed E-state index contributed by atoms with van der Waals surface area (Å²) in [5.41, 5.74) is 0.961. The number of aromatic nitrogens is 2. The van der Waals surface area contributed by atoms with Crippen molar-refractivity contribution >= 4 is 11.7 Å². The average molecular weight is 239 g/mol. The molecule has 0 spiro atoms. The van der Waals surface area contributed by atoms with Gasteiger partial charge in [-0.05, 0) is 6.42 Å². The van der Waals surface area contributed by atoms with Crippen LogP contribution in [0, 0.1) is 0 Å². The van der Waals surface area contributed by atoms with Crippen LogP contribution in [0.5, 0.6) is 0 Å². The molecule has 0 N–H and O–H groups in total. The monoisotopic (exact) mass is 239 g/mol. The lowest BCUT2D eigenvalue weighted by Crippen LogP contribution is -2.53. The molecule has 6 heteroatoms. The lowest BCUT2D eigenvalue weighted by atomic mass is 10.0. The van der Waals surface area contributed by atoms with Crippen LogP contribution in [-0.4, -0.2) is 49.2 Å². The van der Waals surface area contributed by atoms with E-state index < -0.39 is 0 Å². The van der Waals surface area contributed by atoms with Gasteiger partial charge in [-0.15, -0.1) is 0 Å². The highest BCUT2D eigenvalue weighted by atomic mass is 16.5. The fourth-order valence-electron chi connectivity index (χ4n) is 1.89. The first-order chi connectivity index (χ1) is 8.26. The number of rotatable bonds is 5. The van der Waals surface area contributed by atoms with Crippen LogP contribution >= 0.6 is 0 Å². The van der Waals surface area contributed by atoms with E-state index in [2.05, 4.69) is 5.10 Å². The van der Waals surface area contributed by atoms with E-state index in [4.69, 9.17) is 9.47 Å². The van der Waals surface area contributed by atoms with Crippen LogP contribution in [0.1, 0.15) is 6.42 Å². The summed E-state index contributed by atoms with van der Waals surface area (Å²) in [6, 6.07) is -0.153. The van der Waals surface area contributed by atoms with Crippen LogP contribution in [0.15, 0.2) is 12.4 Å². The maximum absolute atomic E-state index is 11.4. The largest absolute Gasteiger partial charge is 0.467 e. The van der Waals surface area contributed by atoms with Crippen molar-refractivity contribution in [2.75, 3.05) is 32.3 Å². The molecule has 0 saturated carbocycles. The molecule has 1 unspecified atom stereocenters. The second kappa shape index (κ2) is 5.18. The van der Waals surface area contributed by atoms with E-state index in [1.807, 2.05) is 15.8 Å². The number of hydrogen-bond donors (Lipinski definition) is 0. The van der Waals surface area contributed by atoms with Crippen molar-refractivity contribution in [3.05, 3.63) is 12.4 Å². The van der Waals surface area contributed by atoms with Crippen LogP contribution in [0.2, 0.25) is 0 Å². The summed E-state index contributed by atoms with van der Waals surface area (Å²) < 4.78 is 11.5. The number of carbonyl (C=O) groups is 1. The summed E-state index contributed by atoms with van der Waals surface area (Å²) in [6.07, 6.45) is 4.54. The molecule has 0 aromatic carbocycles. The Hall–Kier alpha value is -1.56. The van der Waals surface area contributed by atoms with Crippen LogP contribution in [0.25, 0.3) is 0 Å². The van der Waals surface area contributed by atoms with E-state index in [0.29, 0.717) is 13.2 Å². The van der Waals surface area contributed by atoms with Gasteiger partial charge in [0.05, 0.1) is 32.1 Å². The van der Waals surface area contributed by atoms with Crippen LogP contribution in [0.4, 0.5) is 5.69 Å². The Morgan fingerprint density at radius 1 is 1.59 bits per heavy atom. The molecule has 1 aliphatic heterocycles. The zero-order chi connectivity index (χ0) is 12.3. The highest BCUT2D eigenvalue weighted by molar-refractivity contribution is 5.81. The van der Waals surface area contributed by atoms with Gasteiger partial charge in [0.2, 0.25) is 0 Å². The Morgan fingerprint density at radius 3 is 3.00 bits per heavy atom. The van der Waals surface area contributed by atoms with Crippen molar-refractivity contribution in [1.29, 1.82) is 0 Å². The molecular formula is C11H17N3O3. The minimum absolute atomic E-state index is 0.153. The van der Waals surface area contributed by atoms with Gasteiger partial charge in [-0.1, -0.05) is 0 Å². The molecule has 1 saturated heterocycles. The lowest BCUT2D eigenvalue weighted by molar-refractivity contribution is -0.143. The summed E-state index contributed by atoms with van der Waals surface area (Å²) in [5, 5.41) is 4.22. The van der Waals surface area contributed by atoms with E-state index in [-0.39, 0.29) is 12.0 Å². The number of hydrogen-bond acceptors (Lipinski definition) is 5. The second-order valence-electron chi connectivity index (χ2n) is 3.98. The maximum Gasteiger partial charge on any atom is 0.328 e. The van der Waals surface area contributed by atoms with Crippen LogP contribution in [0.3, 0.4) is 0 Å². The van der Waals surface area contributed by atoms with E-state index in [9.17, 15) is 4.79 Å². The number of methoxy groups -OCH3 is 2. The second-order valence-corrected chi connectivity index (χ2v) is 3.98. The molecule has 94 valence electrons. The van der Waals surface area contributed by atoms with Gasteiger partial charge in [0.25, 0.3) is 0 Å². The molecule has 1 fully saturated rings. The average Bonchev–Trinajstić information content (AvgIpc) is 2.73. The molecule has 1 aliphatic rings. The topological polar surface area (TPSA) is 56.6 Å². The van der Waals surface area contributed by atoms with Crippen molar-refractivity contribution in [1.82, 2.24) is 9.78 Å². The third-order valence-corrected chi connectivity index (χ3v) is 2.97. The maximum atomic E-state index is 11.4. The minimum Gasteiger partial charge on any atom is -0.467 e. The zero-order valence-corrected chi connectivity index (χ0v) is 10.1. The van der Waals surface area contributed by atoms with Gasteiger partial charge < -0.3 is 14.4 Å². The van der Waals surface area contributed by atoms with Gasteiger partial charge in [0.1, 0.15) is 6.04 Å².